The number of nitrogens with one attached hydrogen (secondary N) is 2. The van der Waals surface area contributed by atoms with E-state index in [4.69, 9.17) is 0 Å². The highest BCUT2D eigenvalue weighted by molar-refractivity contribution is 5.94. The molecule has 3 rings (SSSR count). The molecule has 0 saturated carbocycles. The maximum absolute atomic E-state index is 12.9. The standard InChI is InChI=1S/C18H21FN4O3/c1-20-13-4-2-3-9-23-16(13)22-14(15(24)18(23)26)17(25)21-10-11-5-7-12(19)8-6-11/h5-8,13,20,24H,2-4,9-10H2,1H3,(H,21,25)/t13-/m1/s1. The average molecular weight is 360 g/mol. The predicted octanol–water partition coefficient (Wildman–Crippen LogP) is 1.46. The van der Waals surface area contributed by atoms with Gasteiger partial charge < -0.3 is 15.7 Å². The van der Waals surface area contributed by atoms with Gasteiger partial charge in [0.1, 0.15) is 11.6 Å². The highest BCUT2D eigenvalue weighted by atomic mass is 19.1. The van der Waals surface area contributed by atoms with Crippen LogP contribution in [0.4, 0.5) is 4.39 Å². The van der Waals surface area contributed by atoms with Crippen LogP contribution in [-0.2, 0) is 13.1 Å². The third-order valence-corrected chi connectivity index (χ3v) is 4.54. The van der Waals surface area contributed by atoms with Gasteiger partial charge in [0.2, 0.25) is 5.75 Å². The molecule has 0 fully saturated rings. The molecule has 2 aromatic rings. The van der Waals surface area contributed by atoms with Gasteiger partial charge in [-0.3, -0.25) is 14.2 Å². The fraction of sp³-hybridized carbons (Fsp3) is 0.389. The Morgan fingerprint density at radius 1 is 1.35 bits per heavy atom. The van der Waals surface area contributed by atoms with Gasteiger partial charge in [-0.25, -0.2) is 9.37 Å². The molecule has 1 amide bonds. The number of fused-ring (bicyclic) bond motifs is 1. The van der Waals surface area contributed by atoms with Crippen molar-refractivity contribution in [1.82, 2.24) is 20.2 Å². The van der Waals surface area contributed by atoms with Crippen LogP contribution in [0.2, 0.25) is 0 Å². The lowest BCUT2D eigenvalue weighted by atomic mass is 10.1. The number of benzene rings is 1. The quantitative estimate of drug-likeness (QED) is 0.767. The summed E-state index contributed by atoms with van der Waals surface area (Å²) in [6.07, 6.45) is 2.52. The summed E-state index contributed by atoms with van der Waals surface area (Å²) >= 11 is 0. The van der Waals surface area contributed by atoms with Crippen molar-refractivity contribution in [2.24, 2.45) is 0 Å². The molecule has 7 nitrogen and oxygen atoms in total. The Kier molecular flexibility index (Phi) is 5.32. The van der Waals surface area contributed by atoms with Crippen LogP contribution in [0.5, 0.6) is 5.75 Å². The molecule has 1 aliphatic heterocycles. The fourth-order valence-electron chi connectivity index (χ4n) is 3.09. The Morgan fingerprint density at radius 2 is 2.08 bits per heavy atom. The smallest absolute Gasteiger partial charge is 0.296 e. The van der Waals surface area contributed by atoms with Gasteiger partial charge >= 0.3 is 0 Å². The molecule has 1 aromatic carbocycles. The monoisotopic (exact) mass is 360 g/mol. The van der Waals surface area contributed by atoms with Crippen molar-refractivity contribution in [2.45, 2.75) is 38.4 Å². The van der Waals surface area contributed by atoms with Crippen molar-refractivity contribution in [1.29, 1.82) is 0 Å². The first-order valence-electron chi connectivity index (χ1n) is 8.55. The minimum Gasteiger partial charge on any atom is -0.501 e. The first-order chi connectivity index (χ1) is 12.5. The SMILES string of the molecule is CN[C@@H]1CCCCn2c1nc(C(=O)NCc1ccc(F)cc1)c(O)c2=O. The van der Waals surface area contributed by atoms with Gasteiger partial charge in [0.25, 0.3) is 11.5 Å². The number of hydrogen-bond acceptors (Lipinski definition) is 5. The Bertz CT molecular complexity index is 864. The van der Waals surface area contributed by atoms with E-state index in [0.717, 1.165) is 19.3 Å². The number of rotatable bonds is 4. The van der Waals surface area contributed by atoms with Gasteiger partial charge in [0, 0.05) is 13.1 Å². The highest BCUT2D eigenvalue weighted by Crippen LogP contribution is 2.23. The molecule has 0 aliphatic carbocycles. The molecule has 0 spiro atoms. The van der Waals surface area contributed by atoms with Crippen LogP contribution >= 0.6 is 0 Å². The van der Waals surface area contributed by atoms with Gasteiger partial charge in [-0.2, -0.15) is 0 Å². The average Bonchev–Trinajstić information content (AvgIpc) is 2.86. The molecule has 26 heavy (non-hydrogen) atoms. The fourth-order valence-corrected chi connectivity index (χ4v) is 3.09. The molecule has 0 unspecified atom stereocenters. The molecule has 1 atom stereocenters. The third-order valence-electron chi connectivity index (χ3n) is 4.54. The summed E-state index contributed by atoms with van der Waals surface area (Å²) in [4.78, 5) is 29.2. The van der Waals surface area contributed by atoms with Crippen LogP contribution in [0.15, 0.2) is 29.1 Å². The Morgan fingerprint density at radius 3 is 2.77 bits per heavy atom. The minimum atomic E-state index is -0.651. The zero-order valence-electron chi connectivity index (χ0n) is 14.5. The van der Waals surface area contributed by atoms with Gasteiger partial charge in [-0.05, 0) is 44.0 Å². The second-order valence-electron chi connectivity index (χ2n) is 6.27. The van der Waals surface area contributed by atoms with E-state index in [1.165, 1.54) is 16.7 Å². The summed E-state index contributed by atoms with van der Waals surface area (Å²) in [6.45, 7) is 0.596. The van der Waals surface area contributed by atoms with Crippen molar-refractivity contribution in [3.05, 3.63) is 57.5 Å². The van der Waals surface area contributed by atoms with E-state index in [-0.39, 0.29) is 24.1 Å². The van der Waals surface area contributed by atoms with Gasteiger partial charge in [0.05, 0.1) is 6.04 Å². The number of halogens is 1. The molecule has 2 heterocycles. The lowest BCUT2D eigenvalue weighted by Gasteiger charge is -2.18. The summed E-state index contributed by atoms with van der Waals surface area (Å²) < 4.78 is 14.4. The summed E-state index contributed by atoms with van der Waals surface area (Å²) in [5.74, 6) is -1.20. The van der Waals surface area contributed by atoms with Crippen LogP contribution in [0.3, 0.4) is 0 Å². The normalized spacial score (nSPS) is 16.6. The Labute approximate surface area is 149 Å². The van der Waals surface area contributed by atoms with Crippen molar-refractivity contribution >= 4 is 5.91 Å². The maximum atomic E-state index is 12.9. The summed E-state index contributed by atoms with van der Waals surface area (Å²) in [7, 11) is 1.77. The number of aromatic nitrogens is 2. The molecule has 0 bridgehead atoms. The Balaban J connectivity index is 1.88. The van der Waals surface area contributed by atoms with E-state index < -0.39 is 17.2 Å². The second kappa shape index (κ2) is 7.65. The van der Waals surface area contributed by atoms with Crippen molar-refractivity contribution in [2.75, 3.05) is 7.05 Å². The van der Waals surface area contributed by atoms with Crippen LogP contribution in [0, 0.1) is 5.82 Å². The number of carbonyl (C=O) groups is 1. The number of carbonyl (C=O) groups excluding carboxylic acids is 1. The molecular formula is C18H21FN4O3. The van der Waals surface area contributed by atoms with Gasteiger partial charge in [0.15, 0.2) is 5.69 Å². The van der Waals surface area contributed by atoms with Gasteiger partial charge in [-0.15, -0.1) is 0 Å². The molecule has 138 valence electrons. The number of amides is 1. The number of nitrogens with zero attached hydrogens (tertiary/aromatic N) is 2. The van der Waals surface area contributed by atoms with Crippen molar-refractivity contribution < 1.29 is 14.3 Å². The Hall–Kier alpha value is -2.74. The largest absolute Gasteiger partial charge is 0.501 e. The summed E-state index contributed by atoms with van der Waals surface area (Å²) in [5.41, 5.74) is -0.201. The lowest BCUT2D eigenvalue weighted by molar-refractivity contribution is 0.0941. The predicted molar refractivity (Wildman–Crippen MR) is 93.4 cm³/mol. The van der Waals surface area contributed by atoms with E-state index in [9.17, 15) is 19.1 Å². The van der Waals surface area contributed by atoms with Crippen LogP contribution in [0.1, 0.15) is 47.2 Å². The highest BCUT2D eigenvalue weighted by Gasteiger charge is 2.26. The van der Waals surface area contributed by atoms with Crippen LogP contribution < -0.4 is 16.2 Å². The summed E-state index contributed by atoms with van der Waals surface area (Å²) in [5, 5.41) is 15.9. The summed E-state index contributed by atoms with van der Waals surface area (Å²) in [6, 6.07) is 5.53. The topological polar surface area (TPSA) is 96.2 Å². The third kappa shape index (κ3) is 3.60. The first kappa shape index (κ1) is 18.1. The van der Waals surface area contributed by atoms with Crippen molar-refractivity contribution in [3.8, 4) is 5.75 Å². The zero-order chi connectivity index (χ0) is 18.7. The lowest BCUT2D eigenvalue weighted by Crippen LogP contribution is -2.33. The first-order valence-corrected chi connectivity index (χ1v) is 8.55. The minimum absolute atomic E-state index is 0.133. The molecule has 8 heteroatoms. The number of hydrogen-bond donors (Lipinski definition) is 3. The second-order valence-corrected chi connectivity index (χ2v) is 6.27. The molecule has 1 aromatic heterocycles. The van der Waals surface area contributed by atoms with E-state index in [0.29, 0.717) is 17.9 Å². The van der Waals surface area contributed by atoms with Crippen LogP contribution in [-0.4, -0.2) is 27.6 Å². The molecule has 0 saturated heterocycles. The van der Waals surface area contributed by atoms with E-state index in [2.05, 4.69) is 15.6 Å². The maximum Gasteiger partial charge on any atom is 0.296 e. The van der Waals surface area contributed by atoms with Crippen LogP contribution in [0.25, 0.3) is 0 Å². The van der Waals surface area contributed by atoms with E-state index >= 15 is 0 Å². The van der Waals surface area contributed by atoms with Crippen molar-refractivity contribution in [3.63, 3.8) is 0 Å². The van der Waals surface area contributed by atoms with Gasteiger partial charge in [-0.1, -0.05) is 12.1 Å². The van der Waals surface area contributed by atoms with E-state index in [1.807, 2.05) is 0 Å². The molecule has 0 radical (unpaired) electrons. The molecule has 3 N–H and O–H groups in total. The zero-order valence-corrected chi connectivity index (χ0v) is 14.5. The molecule has 1 aliphatic rings. The molecular weight excluding hydrogens is 339 g/mol. The number of aromatic hydroxyl groups is 1. The van der Waals surface area contributed by atoms with E-state index in [1.54, 1.807) is 19.2 Å².